The second-order valence-electron chi connectivity index (χ2n) is 5.62. The van der Waals surface area contributed by atoms with E-state index in [9.17, 15) is 10.2 Å². The highest BCUT2D eigenvalue weighted by Gasteiger charge is 2.45. The fourth-order valence-electron chi connectivity index (χ4n) is 3.54. The first-order valence-corrected chi connectivity index (χ1v) is 7.04. The molecular weight excluding hydrogens is 254 g/mol. The number of hydrogen-bond acceptors (Lipinski definition) is 3. The van der Waals surface area contributed by atoms with Gasteiger partial charge in [-0.05, 0) is 25.3 Å². The van der Waals surface area contributed by atoms with E-state index in [1.165, 1.54) is 0 Å². The molecule has 1 aromatic carbocycles. The SMILES string of the molecule is C[C@@H](c1ccccc1)n1c(O)c2c(c1O)[C@H]1CC[C@@H]2O1. The maximum Gasteiger partial charge on any atom is 0.200 e. The Kier molecular flexibility index (Phi) is 2.39. The molecule has 2 aromatic rings. The molecule has 4 heteroatoms. The maximum atomic E-state index is 10.5. The predicted molar refractivity (Wildman–Crippen MR) is 73.8 cm³/mol. The van der Waals surface area contributed by atoms with Crippen molar-refractivity contribution in [2.45, 2.75) is 38.0 Å². The second kappa shape index (κ2) is 4.03. The van der Waals surface area contributed by atoms with Gasteiger partial charge in [0.05, 0.1) is 29.4 Å². The molecule has 2 bridgehead atoms. The quantitative estimate of drug-likeness (QED) is 0.880. The first kappa shape index (κ1) is 11.9. The highest BCUT2D eigenvalue weighted by Crippen LogP contribution is 2.58. The molecule has 0 spiro atoms. The van der Waals surface area contributed by atoms with Crippen LogP contribution in [0.1, 0.15) is 54.7 Å². The Labute approximate surface area is 117 Å². The van der Waals surface area contributed by atoms with Crippen LogP contribution >= 0.6 is 0 Å². The van der Waals surface area contributed by atoms with E-state index in [0.29, 0.717) is 0 Å². The molecule has 0 unspecified atom stereocenters. The molecule has 4 nitrogen and oxygen atoms in total. The smallest absolute Gasteiger partial charge is 0.200 e. The molecule has 3 atom stereocenters. The van der Waals surface area contributed by atoms with Crippen molar-refractivity contribution >= 4 is 0 Å². The van der Waals surface area contributed by atoms with Crippen molar-refractivity contribution < 1.29 is 14.9 Å². The van der Waals surface area contributed by atoms with E-state index in [2.05, 4.69) is 0 Å². The highest BCUT2D eigenvalue weighted by molar-refractivity contribution is 5.53. The Hall–Kier alpha value is -1.94. The third kappa shape index (κ3) is 1.40. The lowest BCUT2D eigenvalue weighted by Crippen LogP contribution is -2.06. The van der Waals surface area contributed by atoms with Crippen LogP contribution in [0, 0.1) is 0 Å². The molecular formula is C16H17NO3. The summed E-state index contributed by atoms with van der Waals surface area (Å²) < 4.78 is 7.37. The van der Waals surface area contributed by atoms with Crippen molar-refractivity contribution in [1.82, 2.24) is 4.57 Å². The van der Waals surface area contributed by atoms with Crippen LogP contribution < -0.4 is 0 Å². The van der Waals surface area contributed by atoms with Crippen LogP contribution in [-0.2, 0) is 4.74 Å². The Morgan fingerprint density at radius 1 is 1.05 bits per heavy atom. The van der Waals surface area contributed by atoms with Gasteiger partial charge in [0.1, 0.15) is 0 Å². The minimum Gasteiger partial charge on any atom is -0.494 e. The molecule has 1 saturated heterocycles. The molecule has 0 amide bonds. The lowest BCUT2D eigenvalue weighted by Gasteiger charge is -2.18. The molecule has 0 radical (unpaired) electrons. The van der Waals surface area contributed by atoms with Crippen molar-refractivity contribution in [1.29, 1.82) is 0 Å². The van der Waals surface area contributed by atoms with Gasteiger partial charge >= 0.3 is 0 Å². The van der Waals surface area contributed by atoms with Gasteiger partial charge in [0.25, 0.3) is 0 Å². The number of aromatic nitrogens is 1. The zero-order valence-electron chi connectivity index (χ0n) is 11.3. The van der Waals surface area contributed by atoms with Crippen LogP contribution in [0.15, 0.2) is 30.3 Å². The van der Waals surface area contributed by atoms with Crippen LogP contribution in [0.25, 0.3) is 0 Å². The van der Waals surface area contributed by atoms with Crippen molar-refractivity contribution in [2.24, 2.45) is 0 Å². The van der Waals surface area contributed by atoms with Crippen LogP contribution in [0.2, 0.25) is 0 Å². The monoisotopic (exact) mass is 271 g/mol. The van der Waals surface area contributed by atoms with Gasteiger partial charge < -0.3 is 14.9 Å². The average molecular weight is 271 g/mol. The molecule has 0 aliphatic carbocycles. The van der Waals surface area contributed by atoms with Gasteiger partial charge in [-0.2, -0.15) is 0 Å². The fourth-order valence-corrected chi connectivity index (χ4v) is 3.54. The van der Waals surface area contributed by atoms with Crippen LogP contribution in [0.4, 0.5) is 0 Å². The Morgan fingerprint density at radius 2 is 1.60 bits per heavy atom. The number of hydrogen-bond donors (Lipinski definition) is 2. The minimum absolute atomic E-state index is 0.0508. The van der Waals surface area contributed by atoms with Gasteiger partial charge in [0.2, 0.25) is 11.8 Å². The average Bonchev–Trinajstić information content (AvgIpc) is 3.14. The Balaban J connectivity index is 1.85. The highest BCUT2D eigenvalue weighted by atomic mass is 16.5. The minimum atomic E-state index is -0.110. The predicted octanol–water partition coefficient (Wildman–Crippen LogP) is 3.41. The van der Waals surface area contributed by atoms with Crippen molar-refractivity contribution in [3.63, 3.8) is 0 Å². The second-order valence-corrected chi connectivity index (χ2v) is 5.62. The van der Waals surface area contributed by atoms with Crippen LogP contribution in [0.5, 0.6) is 11.8 Å². The van der Waals surface area contributed by atoms with Crippen molar-refractivity contribution in [2.75, 3.05) is 0 Å². The van der Waals surface area contributed by atoms with Gasteiger partial charge in [-0.15, -0.1) is 0 Å². The first-order valence-electron chi connectivity index (χ1n) is 7.04. The van der Waals surface area contributed by atoms with Gasteiger partial charge in [0.15, 0.2) is 0 Å². The summed E-state index contributed by atoms with van der Waals surface area (Å²) in [5.74, 6) is 0.308. The van der Waals surface area contributed by atoms with E-state index in [1.54, 1.807) is 4.57 Å². The van der Waals surface area contributed by atoms with Gasteiger partial charge in [-0.3, -0.25) is 4.57 Å². The van der Waals surface area contributed by atoms with E-state index in [1.807, 2.05) is 37.3 Å². The molecule has 1 fully saturated rings. The van der Waals surface area contributed by atoms with Gasteiger partial charge in [-0.25, -0.2) is 0 Å². The van der Waals surface area contributed by atoms with E-state index in [4.69, 9.17) is 4.74 Å². The topological polar surface area (TPSA) is 54.6 Å². The van der Waals surface area contributed by atoms with E-state index < -0.39 is 0 Å². The number of aromatic hydroxyl groups is 2. The zero-order chi connectivity index (χ0) is 13.9. The molecule has 1 aromatic heterocycles. The number of ether oxygens (including phenoxy) is 1. The standard InChI is InChI=1S/C16H17NO3/c1-9(10-5-3-2-4-6-10)17-15(18)13-11-7-8-12(20-11)14(13)16(17)19/h2-6,9,11-12,18-19H,7-8H2,1H3/t9-,11-,12+/m0/s1. The molecule has 20 heavy (non-hydrogen) atoms. The Morgan fingerprint density at radius 3 is 2.15 bits per heavy atom. The molecule has 4 rings (SSSR count). The summed E-state index contributed by atoms with van der Waals surface area (Å²) in [7, 11) is 0. The molecule has 104 valence electrons. The maximum absolute atomic E-state index is 10.5. The molecule has 3 heterocycles. The molecule has 2 aliphatic rings. The lowest BCUT2D eigenvalue weighted by molar-refractivity contribution is 0.0676. The van der Waals surface area contributed by atoms with Gasteiger partial charge in [0, 0.05) is 0 Å². The van der Waals surface area contributed by atoms with E-state index in [0.717, 1.165) is 29.5 Å². The first-order chi connectivity index (χ1) is 9.68. The largest absolute Gasteiger partial charge is 0.494 e. The van der Waals surface area contributed by atoms with Crippen LogP contribution in [-0.4, -0.2) is 14.8 Å². The summed E-state index contributed by atoms with van der Waals surface area (Å²) in [4.78, 5) is 0. The zero-order valence-corrected chi connectivity index (χ0v) is 11.3. The molecule has 0 saturated carbocycles. The van der Waals surface area contributed by atoms with E-state index >= 15 is 0 Å². The third-order valence-electron chi connectivity index (χ3n) is 4.56. The molecule has 2 N–H and O–H groups in total. The summed E-state index contributed by atoms with van der Waals surface area (Å²) in [5.41, 5.74) is 2.64. The summed E-state index contributed by atoms with van der Waals surface area (Å²) in [5, 5.41) is 21.0. The van der Waals surface area contributed by atoms with Gasteiger partial charge in [-0.1, -0.05) is 30.3 Å². The van der Waals surface area contributed by atoms with Crippen molar-refractivity contribution in [3.05, 3.63) is 47.0 Å². The normalized spacial score (nSPS) is 24.9. The Bertz CT molecular complexity index is 629. The summed E-state index contributed by atoms with van der Waals surface area (Å²) in [6.45, 7) is 1.98. The van der Waals surface area contributed by atoms with Crippen LogP contribution in [0.3, 0.4) is 0 Å². The van der Waals surface area contributed by atoms with Crippen molar-refractivity contribution in [3.8, 4) is 11.8 Å². The molecule has 2 aliphatic heterocycles. The number of nitrogens with zero attached hydrogens (tertiary/aromatic N) is 1. The number of benzene rings is 1. The third-order valence-corrected chi connectivity index (χ3v) is 4.56. The summed E-state index contributed by atoms with van der Waals surface area (Å²) in [6, 6.07) is 9.77. The number of fused-ring (bicyclic) bond motifs is 5. The van der Waals surface area contributed by atoms with E-state index in [-0.39, 0.29) is 30.0 Å². The lowest BCUT2D eigenvalue weighted by atomic mass is 9.95. The summed E-state index contributed by atoms with van der Waals surface area (Å²) in [6.07, 6.45) is 1.75. The summed E-state index contributed by atoms with van der Waals surface area (Å²) >= 11 is 0. The fraction of sp³-hybridized carbons (Fsp3) is 0.375. The number of rotatable bonds is 2.